The van der Waals surface area contributed by atoms with E-state index in [-0.39, 0.29) is 23.0 Å². The Kier molecular flexibility index (Phi) is 3.20. The Hall–Kier alpha value is -3.34. The molecule has 0 aliphatic heterocycles. The Bertz CT molecular complexity index is 963. The van der Waals surface area contributed by atoms with Gasteiger partial charge in [-0.25, -0.2) is 4.39 Å². The number of benzene rings is 2. The first-order chi connectivity index (χ1) is 11.6. The van der Waals surface area contributed by atoms with E-state index in [1.807, 2.05) is 0 Å². The third kappa shape index (κ3) is 2.18. The summed E-state index contributed by atoms with van der Waals surface area (Å²) in [5.41, 5.74) is 2.89. The summed E-state index contributed by atoms with van der Waals surface area (Å²) in [6, 6.07) is 12.7. The van der Waals surface area contributed by atoms with Crippen molar-refractivity contribution in [2.75, 3.05) is 0 Å². The number of rotatable bonds is 2. The van der Waals surface area contributed by atoms with Crippen LogP contribution in [-0.2, 0) is 0 Å². The Labute approximate surface area is 136 Å². The van der Waals surface area contributed by atoms with Crippen molar-refractivity contribution in [1.29, 1.82) is 0 Å². The van der Waals surface area contributed by atoms with Crippen LogP contribution in [0.15, 0.2) is 60.3 Å². The summed E-state index contributed by atoms with van der Waals surface area (Å²) in [5.74, 6) is -0.918. The van der Waals surface area contributed by atoms with Crippen LogP contribution in [-0.4, -0.2) is 21.8 Å². The number of nitrogens with zero attached hydrogens (tertiary/aromatic N) is 1. The van der Waals surface area contributed by atoms with Crippen LogP contribution in [0.25, 0.3) is 17.3 Å². The van der Waals surface area contributed by atoms with Crippen LogP contribution >= 0.6 is 0 Å². The molecule has 4 rings (SSSR count). The molecular formula is C19H11FN2O2. The SMILES string of the molecule is O=C1C(=Cc2cn[nH]c2-c2ccc(F)cc2)C(=O)c2ccccc21. The van der Waals surface area contributed by atoms with Crippen LogP contribution in [0, 0.1) is 5.82 Å². The number of carbonyl (C=O) groups excluding carboxylic acids is 2. The van der Waals surface area contributed by atoms with Gasteiger partial charge < -0.3 is 0 Å². The third-order valence-electron chi connectivity index (χ3n) is 4.01. The van der Waals surface area contributed by atoms with Crippen LogP contribution in [0.4, 0.5) is 4.39 Å². The lowest BCUT2D eigenvalue weighted by Gasteiger charge is -2.00. The van der Waals surface area contributed by atoms with Crippen molar-refractivity contribution < 1.29 is 14.0 Å². The van der Waals surface area contributed by atoms with Gasteiger partial charge in [0.15, 0.2) is 11.6 Å². The zero-order valence-electron chi connectivity index (χ0n) is 12.4. The van der Waals surface area contributed by atoms with E-state index < -0.39 is 0 Å². The van der Waals surface area contributed by atoms with Crippen molar-refractivity contribution in [2.24, 2.45) is 0 Å². The quantitative estimate of drug-likeness (QED) is 0.579. The van der Waals surface area contributed by atoms with E-state index in [0.29, 0.717) is 22.4 Å². The third-order valence-corrected chi connectivity index (χ3v) is 4.01. The topological polar surface area (TPSA) is 62.8 Å². The van der Waals surface area contributed by atoms with Gasteiger partial charge in [0, 0.05) is 22.3 Å². The molecule has 0 fully saturated rings. The molecule has 0 radical (unpaired) electrons. The van der Waals surface area contributed by atoms with Crippen molar-refractivity contribution >= 4 is 17.6 Å². The summed E-state index contributed by atoms with van der Waals surface area (Å²) < 4.78 is 13.1. The Morgan fingerprint density at radius 3 is 2.17 bits per heavy atom. The number of Topliss-reactive ketones (excluding diaryl/α,β-unsaturated/α-hetero) is 2. The first-order valence-corrected chi connectivity index (χ1v) is 7.34. The summed E-state index contributed by atoms with van der Waals surface area (Å²) in [7, 11) is 0. The van der Waals surface area contributed by atoms with Crippen molar-refractivity contribution in [3.63, 3.8) is 0 Å². The van der Waals surface area contributed by atoms with Gasteiger partial charge in [-0.05, 0) is 30.3 Å². The first-order valence-electron chi connectivity index (χ1n) is 7.34. The number of hydrogen-bond acceptors (Lipinski definition) is 3. The van der Waals surface area contributed by atoms with E-state index in [4.69, 9.17) is 0 Å². The number of fused-ring (bicyclic) bond motifs is 1. The summed E-state index contributed by atoms with van der Waals surface area (Å²) in [5, 5.41) is 6.80. The number of aromatic nitrogens is 2. The second-order valence-electron chi connectivity index (χ2n) is 5.47. The van der Waals surface area contributed by atoms with Gasteiger partial charge in [0.1, 0.15) is 5.82 Å². The van der Waals surface area contributed by atoms with Gasteiger partial charge in [0.05, 0.1) is 17.5 Å². The van der Waals surface area contributed by atoms with Crippen LogP contribution in [0.3, 0.4) is 0 Å². The van der Waals surface area contributed by atoms with E-state index in [1.54, 1.807) is 36.4 Å². The highest BCUT2D eigenvalue weighted by atomic mass is 19.1. The minimum Gasteiger partial charge on any atom is -0.288 e. The predicted molar refractivity (Wildman–Crippen MR) is 87.1 cm³/mol. The number of halogens is 1. The lowest BCUT2D eigenvalue weighted by atomic mass is 10.0. The summed E-state index contributed by atoms with van der Waals surface area (Å²) in [4.78, 5) is 24.9. The average molecular weight is 318 g/mol. The summed E-state index contributed by atoms with van der Waals surface area (Å²) >= 11 is 0. The highest BCUT2D eigenvalue weighted by Gasteiger charge is 2.32. The fraction of sp³-hybridized carbons (Fsp3) is 0. The van der Waals surface area contributed by atoms with E-state index >= 15 is 0 Å². The fourth-order valence-corrected chi connectivity index (χ4v) is 2.81. The van der Waals surface area contributed by atoms with Crippen molar-refractivity contribution in [1.82, 2.24) is 10.2 Å². The van der Waals surface area contributed by atoms with Gasteiger partial charge in [0.25, 0.3) is 0 Å². The second-order valence-corrected chi connectivity index (χ2v) is 5.47. The van der Waals surface area contributed by atoms with Crippen LogP contribution < -0.4 is 0 Å². The van der Waals surface area contributed by atoms with Gasteiger partial charge in [-0.1, -0.05) is 24.3 Å². The van der Waals surface area contributed by atoms with Crippen molar-refractivity contribution in [3.05, 3.63) is 82.8 Å². The molecule has 116 valence electrons. The van der Waals surface area contributed by atoms with Gasteiger partial charge in [-0.2, -0.15) is 5.10 Å². The molecule has 1 heterocycles. The van der Waals surface area contributed by atoms with E-state index in [0.717, 1.165) is 5.56 Å². The fourth-order valence-electron chi connectivity index (χ4n) is 2.81. The molecule has 0 amide bonds. The number of nitrogens with one attached hydrogen (secondary N) is 1. The maximum absolute atomic E-state index is 13.1. The minimum atomic E-state index is -0.338. The number of H-pyrrole nitrogens is 1. The lowest BCUT2D eigenvalue weighted by molar-refractivity contribution is 0.0990. The van der Waals surface area contributed by atoms with Crippen LogP contribution in [0.5, 0.6) is 0 Å². The van der Waals surface area contributed by atoms with E-state index in [2.05, 4.69) is 10.2 Å². The lowest BCUT2D eigenvalue weighted by Crippen LogP contribution is -2.00. The van der Waals surface area contributed by atoms with Gasteiger partial charge in [-0.15, -0.1) is 0 Å². The highest BCUT2D eigenvalue weighted by Crippen LogP contribution is 2.30. The number of allylic oxidation sites excluding steroid dienone is 1. The number of ketones is 2. The second kappa shape index (κ2) is 5.38. The number of hydrogen-bond donors (Lipinski definition) is 1. The van der Waals surface area contributed by atoms with Crippen molar-refractivity contribution in [2.45, 2.75) is 0 Å². The summed E-state index contributed by atoms with van der Waals surface area (Å²) in [6.07, 6.45) is 3.07. The molecule has 5 heteroatoms. The zero-order chi connectivity index (χ0) is 16.7. The van der Waals surface area contributed by atoms with Gasteiger partial charge >= 0.3 is 0 Å². The molecule has 2 aromatic carbocycles. The molecule has 1 aromatic heterocycles. The van der Waals surface area contributed by atoms with E-state index in [1.165, 1.54) is 24.4 Å². The Balaban J connectivity index is 1.79. The van der Waals surface area contributed by atoms with Gasteiger partial charge in [0.2, 0.25) is 0 Å². The van der Waals surface area contributed by atoms with Crippen molar-refractivity contribution in [3.8, 4) is 11.3 Å². The molecule has 1 aliphatic rings. The number of carbonyl (C=O) groups is 2. The molecule has 0 bridgehead atoms. The molecule has 0 saturated heterocycles. The van der Waals surface area contributed by atoms with E-state index in [9.17, 15) is 14.0 Å². The van der Waals surface area contributed by atoms with Gasteiger partial charge in [-0.3, -0.25) is 14.7 Å². The molecule has 0 unspecified atom stereocenters. The zero-order valence-corrected chi connectivity index (χ0v) is 12.4. The van der Waals surface area contributed by atoms with Crippen LogP contribution in [0.2, 0.25) is 0 Å². The smallest absolute Gasteiger partial charge is 0.197 e. The molecule has 24 heavy (non-hydrogen) atoms. The summed E-state index contributed by atoms with van der Waals surface area (Å²) in [6.45, 7) is 0. The highest BCUT2D eigenvalue weighted by molar-refractivity contribution is 6.41. The molecule has 0 atom stereocenters. The average Bonchev–Trinajstić information content (AvgIpc) is 3.15. The molecule has 1 aliphatic carbocycles. The Morgan fingerprint density at radius 2 is 1.54 bits per heavy atom. The molecule has 0 saturated carbocycles. The molecule has 0 spiro atoms. The number of aromatic amines is 1. The predicted octanol–water partition coefficient (Wildman–Crippen LogP) is 3.68. The maximum Gasteiger partial charge on any atom is 0.197 e. The molecule has 3 aromatic rings. The minimum absolute atomic E-state index is 0.112. The Morgan fingerprint density at radius 1 is 0.917 bits per heavy atom. The molecule has 4 nitrogen and oxygen atoms in total. The standard InChI is InChI=1S/C19H11FN2O2/c20-13-7-5-11(6-8-13)17-12(10-21-22-17)9-16-18(23)14-3-1-2-4-15(14)19(16)24/h1-10H,(H,21,22). The maximum atomic E-state index is 13.1. The largest absolute Gasteiger partial charge is 0.288 e. The van der Waals surface area contributed by atoms with Crippen LogP contribution in [0.1, 0.15) is 26.3 Å². The monoisotopic (exact) mass is 318 g/mol. The molecular weight excluding hydrogens is 307 g/mol. The first kappa shape index (κ1) is 14.3. The molecule has 1 N–H and O–H groups in total. The normalized spacial score (nSPS) is 13.3.